The standard InChI is InChI=1S/C22H21ClN2O6/c1-13(2)31-11-10-24-19(14-6-8-16(23)9-7-14)18(21(27)22(24)28)20(26)15-4-3-5-17(12-15)25(29)30/h3-9,12-13,19,26H,10-11H2,1-2H3/b20-18-. The first kappa shape index (κ1) is 22.5. The van der Waals surface area contributed by atoms with Gasteiger partial charge in [-0.15, -0.1) is 0 Å². The van der Waals surface area contributed by atoms with Crippen molar-refractivity contribution < 1.29 is 24.4 Å². The minimum atomic E-state index is -0.882. The second kappa shape index (κ2) is 9.28. The lowest BCUT2D eigenvalue weighted by Crippen LogP contribution is -2.33. The summed E-state index contributed by atoms with van der Waals surface area (Å²) in [5, 5.41) is 22.5. The maximum atomic E-state index is 12.9. The number of halogens is 1. The Labute approximate surface area is 183 Å². The van der Waals surface area contributed by atoms with E-state index >= 15 is 0 Å². The van der Waals surface area contributed by atoms with Crippen LogP contribution in [0.5, 0.6) is 0 Å². The number of likely N-dealkylation sites (tertiary alicyclic amines) is 1. The van der Waals surface area contributed by atoms with E-state index in [0.29, 0.717) is 10.6 Å². The maximum absolute atomic E-state index is 12.9. The number of benzene rings is 2. The van der Waals surface area contributed by atoms with Crippen LogP contribution in [0.2, 0.25) is 5.02 Å². The van der Waals surface area contributed by atoms with Crippen LogP contribution >= 0.6 is 11.6 Å². The zero-order chi connectivity index (χ0) is 22.7. The average Bonchev–Trinajstić information content (AvgIpc) is 2.98. The third-order valence-electron chi connectivity index (χ3n) is 4.84. The van der Waals surface area contributed by atoms with Crippen LogP contribution in [0.1, 0.15) is 31.0 Å². The smallest absolute Gasteiger partial charge is 0.295 e. The second-order valence-corrected chi connectivity index (χ2v) is 7.71. The molecule has 1 unspecified atom stereocenters. The van der Waals surface area contributed by atoms with Crippen LogP contribution in [0.3, 0.4) is 0 Å². The fraction of sp³-hybridized carbons (Fsp3) is 0.273. The number of Topliss-reactive ketones (excluding diaryl/α,β-unsaturated/α-hetero) is 1. The van der Waals surface area contributed by atoms with Gasteiger partial charge in [0.1, 0.15) is 5.76 Å². The minimum Gasteiger partial charge on any atom is -0.507 e. The van der Waals surface area contributed by atoms with E-state index in [9.17, 15) is 24.8 Å². The molecular formula is C22H21ClN2O6. The van der Waals surface area contributed by atoms with Crippen LogP contribution in [0, 0.1) is 10.1 Å². The summed E-state index contributed by atoms with van der Waals surface area (Å²) < 4.78 is 5.53. The highest BCUT2D eigenvalue weighted by molar-refractivity contribution is 6.46. The van der Waals surface area contributed by atoms with Crippen LogP contribution in [0.4, 0.5) is 5.69 Å². The molecule has 1 aliphatic rings. The monoisotopic (exact) mass is 444 g/mol. The highest BCUT2D eigenvalue weighted by Gasteiger charge is 2.46. The van der Waals surface area contributed by atoms with Crippen molar-refractivity contribution >= 4 is 34.7 Å². The van der Waals surface area contributed by atoms with Crippen molar-refractivity contribution in [3.8, 4) is 0 Å². The van der Waals surface area contributed by atoms with Gasteiger partial charge in [0.25, 0.3) is 17.4 Å². The lowest BCUT2D eigenvalue weighted by atomic mass is 9.95. The Kier molecular flexibility index (Phi) is 6.72. The number of aliphatic hydroxyl groups excluding tert-OH is 1. The van der Waals surface area contributed by atoms with Gasteiger partial charge in [-0.05, 0) is 31.5 Å². The van der Waals surface area contributed by atoms with Gasteiger partial charge in [0, 0.05) is 29.3 Å². The van der Waals surface area contributed by atoms with E-state index in [4.69, 9.17) is 16.3 Å². The second-order valence-electron chi connectivity index (χ2n) is 7.27. The molecule has 2 aromatic rings. The largest absolute Gasteiger partial charge is 0.507 e. The Morgan fingerprint density at radius 2 is 1.90 bits per heavy atom. The lowest BCUT2D eigenvalue weighted by molar-refractivity contribution is -0.384. The summed E-state index contributed by atoms with van der Waals surface area (Å²) in [6, 6.07) is 11.0. The van der Waals surface area contributed by atoms with Crippen molar-refractivity contribution in [1.29, 1.82) is 0 Å². The van der Waals surface area contributed by atoms with Gasteiger partial charge in [-0.3, -0.25) is 19.7 Å². The molecule has 1 aliphatic heterocycles. The highest BCUT2D eigenvalue weighted by atomic mass is 35.5. The summed E-state index contributed by atoms with van der Waals surface area (Å²) in [4.78, 5) is 37.5. The first-order chi connectivity index (χ1) is 14.7. The molecule has 2 aromatic carbocycles. The summed E-state index contributed by atoms with van der Waals surface area (Å²) in [6.45, 7) is 4.04. The zero-order valence-electron chi connectivity index (χ0n) is 16.9. The number of nitro groups is 1. The molecule has 1 saturated heterocycles. The van der Waals surface area contributed by atoms with Crippen molar-refractivity contribution in [2.24, 2.45) is 0 Å². The number of hydrogen-bond donors (Lipinski definition) is 1. The Hall–Kier alpha value is -3.23. The van der Waals surface area contributed by atoms with Crippen molar-refractivity contribution in [3.05, 3.63) is 80.4 Å². The Morgan fingerprint density at radius 1 is 1.23 bits per heavy atom. The van der Waals surface area contributed by atoms with E-state index < -0.39 is 28.4 Å². The summed E-state index contributed by atoms with van der Waals surface area (Å²) in [6.07, 6.45) is -0.0596. The molecule has 1 fully saturated rings. The summed E-state index contributed by atoms with van der Waals surface area (Å²) >= 11 is 5.98. The number of carbonyl (C=O) groups excluding carboxylic acids is 2. The molecule has 1 amide bonds. The van der Waals surface area contributed by atoms with Gasteiger partial charge in [0.15, 0.2) is 0 Å². The van der Waals surface area contributed by atoms with Gasteiger partial charge >= 0.3 is 0 Å². The molecule has 1 N–H and O–H groups in total. The predicted molar refractivity (Wildman–Crippen MR) is 115 cm³/mol. The molecule has 0 aromatic heterocycles. The van der Waals surface area contributed by atoms with Crippen molar-refractivity contribution in [2.75, 3.05) is 13.2 Å². The number of nitrogens with zero attached hydrogens (tertiary/aromatic N) is 2. The van der Waals surface area contributed by atoms with Gasteiger partial charge in [-0.25, -0.2) is 0 Å². The third kappa shape index (κ3) is 4.76. The molecule has 8 nitrogen and oxygen atoms in total. The number of ketones is 1. The molecule has 0 bridgehead atoms. The number of nitro benzene ring substituents is 1. The predicted octanol–water partition coefficient (Wildman–Crippen LogP) is 4.09. The summed E-state index contributed by atoms with van der Waals surface area (Å²) in [5.41, 5.74) is 0.258. The van der Waals surface area contributed by atoms with Crippen LogP contribution in [0.15, 0.2) is 54.1 Å². The summed E-state index contributed by atoms with van der Waals surface area (Å²) in [5.74, 6) is -2.12. The van der Waals surface area contributed by atoms with Crippen molar-refractivity contribution in [3.63, 3.8) is 0 Å². The van der Waals surface area contributed by atoms with E-state index in [-0.39, 0.29) is 36.1 Å². The minimum absolute atomic E-state index is 0.0596. The van der Waals surface area contributed by atoms with E-state index in [1.54, 1.807) is 24.3 Å². The Morgan fingerprint density at radius 3 is 2.52 bits per heavy atom. The molecule has 0 saturated carbocycles. The van der Waals surface area contributed by atoms with E-state index in [0.717, 1.165) is 6.07 Å². The maximum Gasteiger partial charge on any atom is 0.295 e. The number of non-ortho nitro benzene ring substituents is 1. The highest BCUT2D eigenvalue weighted by Crippen LogP contribution is 2.39. The van der Waals surface area contributed by atoms with E-state index in [1.165, 1.54) is 23.1 Å². The number of aliphatic hydroxyl groups is 1. The first-order valence-electron chi connectivity index (χ1n) is 9.61. The number of ether oxygens (including phenoxy) is 1. The molecule has 1 heterocycles. The summed E-state index contributed by atoms with van der Waals surface area (Å²) in [7, 11) is 0. The van der Waals surface area contributed by atoms with Crippen molar-refractivity contribution in [2.45, 2.75) is 26.0 Å². The van der Waals surface area contributed by atoms with Gasteiger partial charge in [-0.2, -0.15) is 0 Å². The van der Waals surface area contributed by atoms with Crippen LogP contribution in [0.25, 0.3) is 5.76 Å². The number of rotatable bonds is 7. The van der Waals surface area contributed by atoms with E-state index in [1.807, 2.05) is 13.8 Å². The molecule has 162 valence electrons. The van der Waals surface area contributed by atoms with E-state index in [2.05, 4.69) is 0 Å². The molecule has 0 aliphatic carbocycles. The van der Waals surface area contributed by atoms with Crippen LogP contribution in [-0.4, -0.2) is 45.9 Å². The topological polar surface area (TPSA) is 110 Å². The van der Waals surface area contributed by atoms with Gasteiger partial charge in [0.05, 0.1) is 29.2 Å². The number of carbonyl (C=O) groups is 2. The molecule has 0 spiro atoms. The lowest BCUT2D eigenvalue weighted by Gasteiger charge is -2.25. The normalized spacial score (nSPS) is 18.1. The first-order valence-corrected chi connectivity index (χ1v) is 9.98. The number of hydrogen-bond acceptors (Lipinski definition) is 6. The SMILES string of the molecule is CC(C)OCCN1C(=O)C(=O)/C(=C(\O)c2cccc([N+](=O)[O-])c2)C1c1ccc(Cl)cc1. The zero-order valence-corrected chi connectivity index (χ0v) is 17.7. The fourth-order valence-corrected chi connectivity index (χ4v) is 3.54. The van der Waals surface area contributed by atoms with Crippen LogP contribution in [-0.2, 0) is 14.3 Å². The molecule has 1 atom stereocenters. The molecule has 3 rings (SSSR count). The molecule has 9 heteroatoms. The van der Waals surface area contributed by atoms with Crippen molar-refractivity contribution in [1.82, 2.24) is 4.90 Å². The van der Waals surface area contributed by atoms with Crippen LogP contribution < -0.4 is 0 Å². The third-order valence-corrected chi connectivity index (χ3v) is 5.09. The average molecular weight is 445 g/mol. The fourth-order valence-electron chi connectivity index (χ4n) is 3.41. The molecule has 31 heavy (non-hydrogen) atoms. The Bertz CT molecular complexity index is 1050. The molecular weight excluding hydrogens is 424 g/mol. The molecule has 0 radical (unpaired) electrons. The number of amides is 1. The van der Waals surface area contributed by atoms with Gasteiger partial charge < -0.3 is 14.7 Å². The quantitative estimate of drug-likeness (QED) is 0.226. The Balaban J connectivity index is 2.11. The van der Waals surface area contributed by atoms with Gasteiger partial charge in [0.2, 0.25) is 0 Å². The van der Waals surface area contributed by atoms with Gasteiger partial charge in [-0.1, -0.05) is 35.9 Å².